The first-order valence-electron chi connectivity index (χ1n) is 2.74. The summed E-state index contributed by atoms with van der Waals surface area (Å²) in [7, 11) is -1.37. The van der Waals surface area contributed by atoms with Gasteiger partial charge in [0.1, 0.15) is 18.2 Å². The highest BCUT2D eigenvalue weighted by atomic mass is 31.1. The zero-order valence-corrected chi connectivity index (χ0v) is 6.84. The maximum absolute atomic E-state index is 8.89. The average molecular weight is 167 g/mol. The maximum atomic E-state index is 8.89. The van der Waals surface area contributed by atoms with Crippen molar-refractivity contribution < 1.29 is 4.89 Å². The summed E-state index contributed by atoms with van der Waals surface area (Å²) in [6, 6.07) is 4.74. The summed E-state index contributed by atoms with van der Waals surface area (Å²) in [5, 5.41) is 25.3. The molecule has 11 heavy (non-hydrogen) atoms. The number of nitriles is 3. The second kappa shape index (κ2) is 3.89. The lowest BCUT2D eigenvalue weighted by Gasteiger charge is -2.09. The van der Waals surface area contributed by atoms with Crippen LogP contribution >= 0.6 is 8.15 Å². The first-order chi connectivity index (χ1) is 5.10. The van der Waals surface area contributed by atoms with Crippen molar-refractivity contribution in [2.24, 2.45) is 5.41 Å². The van der Waals surface area contributed by atoms with Gasteiger partial charge in [0.25, 0.3) is 0 Å². The van der Waals surface area contributed by atoms with Crippen LogP contribution in [0.3, 0.4) is 0 Å². The predicted molar refractivity (Wildman–Crippen MR) is 39.2 cm³/mol. The van der Waals surface area contributed by atoms with Crippen LogP contribution in [0.5, 0.6) is 0 Å². The lowest BCUT2D eigenvalue weighted by Crippen LogP contribution is -2.17. The lowest BCUT2D eigenvalue weighted by atomic mass is 9.97. The minimum absolute atomic E-state index is 0.0637. The molecule has 56 valence electrons. The van der Waals surface area contributed by atoms with E-state index in [4.69, 9.17) is 20.7 Å². The second-order valence-corrected chi connectivity index (χ2v) is 3.69. The molecule has 0 aromatic heterocycles. The molecule has 0 saturated heterocycles. The Kier molecular flexibility index (Phi) is 3.49. The van der Waals surface area contributed by atoms with Crippen LogP contribution in [-0.2, 0) is 0 Å². The van der Waals surface area contributed by atoms with Gasteiger partial charge in [-0.15, -0.1) is 0 Å². The van der Waals surface area contributed by atoms with Crippen molar-refractivity contribution in [1.82, 2.24) is 0 Å². The zero-order chi connectivity index (χ0) is 8.91. The summed E-state index contributed by atoms with van der Waals surface area (Å²) >= 11 is 0. The van der Waals surface area contributed by atoms with E-state index >= 15 is 0 Å². The fraction of sp³-hybridized carbons (Fsp3) is 0.500. The summed E-state index contributed by atoms with van der Waals surface area (Å²) in [6.45, 7) is 1.50. The Hall–Kier alpha value is -1.14. The van der Waals surface area contributed by atoms with Crippen molar-refractivity contribution in [1.29, 1.82) is 15.8 Å². The quantitative estimate of drug-likeness (QED) is 0.608. The van der Waals surface area contributed by atoms with Gasteiger partial charge in [0, 0.05) is 14.3 Å². The van der Waals surface area contributed by atoms with Crippen molar-refractivity contribution in [2.75, 3.05) is 12.8 Å². The van der Waals surface area contributed by atoms with Gasteiger partial charge >= 0.3 is 0 Å². The number of hydrogen-bond acceptors (Lipinski definition) is 4. The smallest absolute Gasteiger partial charge is 0.234 e. The first-order valence-corrected chi connectivity index (χ1v) is 4.66. The monoisotopic (exact) mass is 167 g/mol. The van der Waals surface area contributed by atoms with Gasteiger partial charge < -0.3 is 4.89 Å². The molecule has 4 nitrogen and oxygen atoms in total. The van der Waals surface area contributed by atoms with E-state index in [1.54, 1.807) is 18.2 Å². The molecule has 1 atom stereocenters. The molecule has 0 fully saturated rings. The molecule has 0 aliphatic carbocycles. The topological polar surface area (TPSA) is 91.6 Å². The molecule has 5 heteroatoms. The van der Waals surface area contributed by atoms with Crippen LogP contribution in [0, 0.1) is 39.4 Å². The lowest BCUT2D eigenvalue weighted by molar-refractivity contribution is 0.613. The first kappa shape index (κ1) is 9.86. The molecule has 0 aliphatic rings. The average Bonchev–Trinajstić information content (AvgIpc) is 2.00. The van der Waals surface area contributed by atoms with Crippen LogP contribution in [0.15, 0.2) is 0 Å². The van der Waals surface area contributed by atoms with Crippen LogP contribution in [0.1, 0.15) is 0 Å². The Morgan fingerprint density at radius 3 is 1.73 bits per heavy atom. The summed E-state index contributed by atoms with van der Waals surface area (Å²) in [5.41, 5.74) is -1.66. The van der Waals surface area contributed by atoms with E-state index in [1.807, 2.05) is 0 Å². The summed E-state index contributed by atoms with van der Waals surface area (Å²) in [4.78, 5) is 8.89. The van der Waals surface area contributed by atoms with Crippen LogP contribution in [0.4, 0.5) is 0 Å². The van der Waals surface area contributed by atoms with Gasteiger partial charge in [-0.05, 0) is 6.66 Å². The Balaban J connectivity index is 4.54. The number of rotatable bonds is 2. The van der Waals surface area contributed by atoms with Gasteiger partial charge in [-0.2, -0.15) is 15.8 Å². The maximum Gasteiger partial charge on any atom is 0.234 e. The predicted octanol–water partition coefficient (Wildman–Crippen LogP) is 0.563. The van der Waals surface area contributed by atoms with Crippen molar-refractivity contribution in [3.05, 3.63) is 0 Å². The van der Waals surface area contributed by atoms with E-state index in [2.05, 4.69) is 0 Å². The van der Waals surface area contributed by atoms with E-state index in [0.29, 0.717) is 0 Å². The van der Waals surface area contributed by atoms with E-state index in [1.165, 1.54) is 6.66 Å². The second-order valence-electron chi connectivity index (χ2n) is 2.06. The van der Waals surface area contributed by atoms with Crippen LogP contribution in [0.25, 0.3) is 0 Å². The molecule has 1 N–H and O–H groups in total. The fourth-order valence-corrected chi connectivity index (χ4v) is 1.42. The molecule has 0 aromatic carbocycles. The fourth-order valence-electron chi connectivity index (χ4n) is 0.524. The highest BCUT2D eigenvalue weighted by molar-refractivity contribution is 7.50. The molecule has 0 heterocycles. The minimum atomic E-state index is -1.66. The Morgan fingerprint density at radius 2 is 1.64 bits per heavy atom. The number of nitrogens with zero attached hydrogens (tertiary/aromatic N) is 3. The van der Waals surface area contributed by atoms with Gasteiger partial charge in [-0.3, -0.25) is 0 Å². The third-order valence-electron chi connectivity index (χ3n) is 1.04. The Bertz CT molecular complexity index is 218. The summed E-state index contributed by atoms with van der Waals surface area (Å²) in [6.07, 6.45) is -0.0637. The summed E-state index contributed by atoms with van der Waals surface area (Å²) in [5.74, 6) is 0. The van der Waals surface area contributed by atoms with Crippen LogP contribution in [0.2, 0.25) is 0 Å². The van der Waals surface area contributed by atoms with Gasteiger partial charge in [0.2, 0.25) is 5.41 Å². The Labute approximate surface area is 66.1 Å². The largest absolute Gasteiger partial charge is 0.374 e. The highest BCUT2D eigenvalue weighted by Gasteiger charge is 2.31. The van der Waals surface area contributed by atoms with Crippen LogP contribution in [-0.4, -0.2) is 17.7 Å². The molecule has 0 spiro atoms. The summed E-state index contributed by atoms with van der Waals surface area (Å²) < 4.78 is 0. The van der Waals surface area contributed by atoms with Gasteiger partial charge in [-0.25, -0.2) is 0 Å². The van der Waals surface area contributed by atoms with Crippen molar-refractivity contribution in [3.8, 4) is 18.2 Å². The molecule has 0 saturated carbocycles. The van der Waals surface area contributed by atoms with Crippen molar-refractivity contribution >= 4 is 8.15 Å². The zero-order valence-electron chi connectivity index (χ0n) is 5.94. The van der Waals surface area contributed by atoms with Crippen molar-refractivity contribution in [3.63, 3.8) is 0 Å². The van der Waals surface area contributed by atoms with Gasteiger partial charge in [0.05, 0.1) is 0 Å². The van der Waals surface area contributed by atoms with Crippen molar-refractivity contribution in [2.45, 2.75) is 0 Å². The molecular formula is C6H6N3OP. The van der Waals surface area contributed by atoms with E-state index in [-0.39, 0.29) is 6.16 Å². The standard InChI is InChI=1S/C6H6N3OP/c1-11(10)5-6(2-7,3-8)4-9/h10H,5H2,1H3. The third kappa shape index (κ3) is 2.52. The molecule has 0 radical (unpaired) electrons. The molecule has 0 aromatic rings. The van der Waals surface area contributed by atoms with E-state index in [0.717, 1.165) is 0 Å². The highest BCUT2D eigenvalue weighted by Crippen LogP contribution is 2.33. The normalized spacial score (nSPS) is 12.3. The molecular weight excluding hydrogens is 161 g/mol. The molecule has 0 amide bonds. The third-order valence-corrected chi connectivity index (χ3v) is 1.97. The SMILES string of the molecule is CP(O)CC(C#N)(C#N)C#N. The Morgan fingerprint density at radius 1 is 1.27 bits per heavy atom. The van der Waals surface area contributed by atoms with Gasteiger partial charge in [0.15, 0.2) is 0 Å². The molecule has 1 unspecified atom stereocenters. The number of hydrogen-bond donors (Lipinski definition) is 1. The van der Waals surface area contributed by atoms with Gasteiger partial charge in [-0.1, -0.05) is 0 Å². The molecule has 0 rings (SSSR count). The molecule has 0 bridgehead atoms. The van der Waals surface area contributed by atoms with E-state index in [9.17, 15) is 0 Å². The van der Waals surface area contributed by atoms with E-state index < -0.39 is 13.6 Å². The minimum Gasteiger partial charge on any atom is -0.374 e. The molecule has 0 aliphatic heterocycles. The van der Waals surface area contributed by atoms with Crippen LogP contribution < -0.4 is 0 Å².